The minimum Gasteiger partial charge on any atom is -0.486 e. The molecule has 0 saturated heterocycles. The molecule has 0 fully saturated rings. The molecule has 0 N–H and O–H groups in total. The molecule has 0 aliphatic carbocycles. The highest BCUT2D eigenvalue weighted by atomic mass is 19.4. The van der Waals surface area contributed by atoms with E-state index in [2.05, 4.69) is 9.97 Å². The van der Waals surface area contributed by atoms with Crippen molar-refractivity contribution in [3.05, 3.63) is 48.5 Å². The number of hydrogen-bond donors (Lipinski definition) is 0. The first-order chi connectivity index (χ1) is 8.55. The van der Waals surface area contributed by atoms with E-state index >= 15 is 0 Å². The van der Waals surface area contributed by atoms with E-state index in [4.69, 9.17) is 4.74 Å². The van der Waals surface area contributed by atoms with Crippen LogP contribution in [0, 0.1) is 0 Å². The number of ether oxygens (including phenoxy) is 1. The monoisotopic (exact) mass is 253 g/mol. The average Bonchev–Trinajstić information content (AvgIpc) is 2.37. The van der Waals surface area contributed by atoms with E-state index in [-0.39, 0.29) is 6.61 Å². The van der Waals surface area contributed by atoms with Crippen molar-refractivity contribution in [2.45, 2.75) is 6.61 Å². The summed E-state index contributed by atoms with van der Waals surface area (Å²) >= 11 is 0. The molecule has 0 aliphatic rings. The van der Waals surface area contributed by atoms with E-state index in [0.717, 1.165) is 12.1 Å². The molecule has 18 heavy (non-hydrogen) atoms. The van der Waals surface area contributed by atoms with Crippen molar-refractivity contribution >= 4 is 12.4 Å². The van der Waals surface area contributed by atoms with Crippen molar-refractivity contribution in [2.75, 3.05) is 0 Å². The van der Waals surface area contributed by atoms with E-state index in [1.165, 1.54) is 12.1 Å². The van der Waals surface area contributed by atoms with Crippen molar-refractivity contribution in [2.24, 2.45) is 0 Å². The molecule has 1 aromatic heterocycles. The highest BCUT2D eigenvalue weighted by Crippen LogP contribution is 2.14. The Morgan fingerprint density at radius 1 is 1.00 bits per heavy atom. The number of rotatable bonds is 4. The minimum absolute atomic E-state index is 0.122. The Labute approximate surface area is 102 Å². The van der Waals surface area contributed by atoms with Crippen LogP contribution in [0.2, 0.25) is 0 Å². The van der Waals surface area contributed by atoms with Crippen LogP contribution in [0.1, 0.15) is 5.82 Å². The summed E-state index contributed by atoms with van der Waals surface area (Å²) in [6.07, 6.45) is 3.14. The van der Waals surface area contributed by atoms with Gasteiger partial charge in [0.1, 0.15) is 12.4 Å². The van der Waals surface area contributed by atoms with Crippen molar-refractivity contribution < 1.29 is 17.7 Å². The molecule has 0 atom stereocenters. The van der Waals surface area contributed by atoms with E-state index < -0.39 is 12.4 Å². The first-order valence-electron chi connectivity index (χ1n) is 5.24. The van der Waals surface area contributed by atoms with Crippen LogP contribution in [0.25, 0.3) is 0 Å². The summed E-state index contributed by atoms with van der Waals surface area (Å²) in [6, 6.07) is 6.24. The summed E-state index contributed by atoms with van der Waals surface area (Å²) in [5, 5.41) is 0. The van der Waals surface area contributed by atoms with Crippen LogP contribution < -0.4 is 10.2 Å². The van der Waals surface area contributed by atoms with Crippen LogP contribution in [-0.4, -0.2) is 16.9 Å². The predicted molar refractivity (Wildman–Crippen MR) is 61.5 cm³/mol. The third-order valence-corrected chi connectivity index (χ3v) is 2.25. The second-order valence-corrected chi connectivity index (χ2v) is 3.60. The Morgan fingerprint density at radius 3 is 2.17 bits per heavy atom. The fourth-order valence-electron chi connectivity index (χ4n) is 1.33. The Hall–Kier alpha value is -2.05. The van der Waals surface area contributed by atoms with Gasteiger partial charge in [0.15, 0.2) is 5.82 Å². The summed E-state index contributed by atoms with van der Waals surface area (Å²) in [5.41, 5.74) is -0.640. The van der Waals surface area contributed by atoms with E-state index in [1.54, 1.807) is 18.5 Å². The second kappa shape index (κ2) is 5.08. The molecular formula is C11H9BF3N2O-. The molecule has 0 aliphatic heterocycles. The molecule has 0 unspecified atom stereocenters. The first-order valence-corrected chi connectivity index (χ1v) is 5.24. The van der Waals surface area contributed by atoms with Crippen LogP contribution in [0.3, 0.4) is 0 Å². The van der Waals surface area contributed by atoms with Crippen LogP contribution in [0.4, 0.5) is 12.9 Å². The SMILES string of the molecule is F[B-](F)(F)c1ccc(OCc2ncccn2)cc1. The molecule has 0 radical (unpaired) electrons. The average molecular weight is 253 g/mol. The van der Waals surface area contributed by atoms with E-state index in [0.29, 0.717) is 11.6 Å². The summed E-state index contributed by atoms with van der Waals surface area (Å²) in [4.78, 5) is 7.88. The summed E-state index contributed by atoms with van der Waals surface area (Å²) < 4.78 is 42.4. The molecule has 0 bridgehead atoms. The van der Waals surface area contributed by atoms with Crippen molar-refractivity contribution in [1.29, 1.82) is 0 Å². The van der Waals surface area contributed by atoms with E-state index in [9.17, 15) is 12.9 Å². The van der Waals surface area contributed by atoms with Gasteiger partial charge in [0.2, 0.25) is 0 Å². The molecule has 3 nitrogen and oxygen atoms in total. The maximum atomic E-state index is 12.4. The van der Waals surface area contributed by atoms with E-state index in [1.807, 2.05) is 0 Å². The van der Waals surface area contributed by atoms with Gasteiger partial charge in [-0.25, -0.2) is 9.97 Å². The van der Waals surface area contributed by atoms with Crippen LogP contribution >= 0.6 is 0 Å². The number of hydrogen-bond acceptors (Lipinski definition) is 3. The quantitative estimate of drug-likeness (QED) is 0.782. The zero-order valence-electron chi connectivity index (χ0n) is 9.26. The number of aromatic nitrogens is 2. The largest absolute Gasteiger partial charge is 0.509 e. The molecule has 1 aromatic carbocycles. The molecule has 7 heteroatoms. The van der Waals surface area contributed by atoms with Gasteiger partial charge in [0.25, 0.3) is 0 Å². The van der Waals surface area contributed by atoms with Gasteiger partial charge in [-0.15, -0.1) is 5.46 Å². The summed E-state index contributed by atoms with van der Waals surface area (Å²) in [6.45, 7) is -4.84. The number of halogens is 3. The Morgan fingerprint density at radius 2 is 1.61 bits per heavy atom. The fourth-order valence-corrected chi connectivity index (χ4v) is 1.33. The van der Waals surface area contributed by atoms with Gasteiger partial charge in [0.05, 0.1) is 0 Å². The maximum Gasteiger partial charge on any atom is 0.509 e. The van der Waals surface area contributed by atoms with Crippen LogP contribution in [0.15, 0.2) is 42.7 Å². The zero-order chi connectivity index (χ0) is 13.0. The molecule has 0 saturated carbocycles. The normalized spacial score (nSPS) is 11.3. The highest BCUT2D eigenvalue weighted by molar-refractivity contribution is 6.73. The molecule has 94 valence electrons. The minimum atomic E-state index is -4.96. The third-order valence-electron chi connectivity index (χ3n) is 2.25. The topological polar surface area (TPSA) is 35.0 Å². The number of nitrogens with zero attached hydrogens (tertiary/aromatic N) is 2. The summed E-state index contributed by atoms with van der Waals surface area (Å²) in [5.74, 6) is 0.827. The summed E-state index contributed by atoms with van der Waals surface area (Å²) in [7, 11) is 0. The Kier molecular flexibility index (Phi) is 3.50. The maximum absolute atomic E-state index is 12.4. The molecule has 1 heterocycles. The lowest BCUT2D eigenvalue weighted by Crippen LogP contribution is -2.33. The molecule has 2 rings (SSSR count). The molecule has 0 amide bonds. The standard InChI is InChI=1S/C11H9BF3N2O/c13-12(14,15)9-2-4-10(5-3-9)18-8-11-16-6-1-7-17-11/h1-7H,8H2/q-1. The fraction of sp³-hybridized carbons (Fsp3) is 0.0909. The zero-order valence-corrected chi connectivity index (χ0v) is 9.26. The van der Waals surface area contributed by atoms with Gasteiger partial charge in [-0.3, -0.25) is 0 Å². The highest BCUT2D eigenvalue weighted by Gasteiger charge is 2.24. The molecular weight excluding hydrogens is 244 g/mol. The van der Waals surface area contributed by atoms with Crippen molar-refractivity contribution in [3.63, 3.8) is 0 Å². The molecule has 2 aromatic rings. The van der Waals surface area contributed by atoms with Gasteiger partial charge >= 0.3 is 6.98 Å². The van der Waals surface area contributed by atoms with Gasteiger partial charge in [-0.2, -0.15) is 0 Å². The molecule has 0 spiro atoms. The Bertz CT molecular complexity index is 502. The second-order valence-electron chi connectivity index (χ2n) is 3.60. The lowest BCUT2D eigenvalue weighted by Gasteiger charge is -2.15. The van der Waals surface area contributed by atoms with Crippen molar-refractivity contribution in [1.82, 2.24) is 9.97 Å². The first kappa shape index (κ1) is 12.4. The Balaban J connectivity index is 1.99. The predicted octanol–water partition coefficient (Wildman–Crippen LogP) is 2.11. The van der Waals surface area contributed by atoms with Gasteiger partial charge in [-0.1, -0.05) is 12.1 Å². The number of benzene rings is 1. The van der Waals surface area contributed by atoms with Crippen LogP contribution in [-0.2, 0) is 6.61 Å². The third kappa shape index (κ3) is 3.22. The lowest BCUT2D eigenvalue weighted by molar-refractivity contribution is 0.296. The lowest BCUT2D eigenvalue weighted by atomic mass is 9.80. The van der Waals surface area contributed by atoms with Gasteiger partial charge < -0.3 is 17.7 Å². The van der Waals surface area contributed by atoms with Gasteiger partial charge in [0, 0.05) is 12.4 Å². The van der Waals surface area contributed by atoms with Gasteiger partial charge in [-0.05, 0) is 18.2 Å². The smallest absolute Gasteiger partial charge is 0.486 e. The van der Waals surface area contributed by atoms with Crippen LogP contribution in [0.5, 0.6) is 5.75 Å². The van der Waals surface area contributed by atoms with Crippen molar-refractivity contribution in [3.8, 4) is 5.75 Å².